The van der Waals surface area contributed by atoms with Gasteiger partial charge in [0.25, 0.3) is 0 Å². The standard InChI is InChI=1S/C13H7Br2F3O/c14-9-3-1-2-4-11(9)19-12-6-5-8(7-10(12)15)13(16,17)18/h1-7H. The van der Waals surface area contributed by atoms with E-state index in [1.54, 1.807) is 18.2 Å². The number of rotatable bonds is 2. The summed E-state index contributed by atoms with van der Waals surface area (Å²) in [5, 5.41) is 0. The van der Waals surface area contributed by atoms with E-state index in [-0.39, 0.29) is 4.47 Å². The second-order valence-corrected chi connectivity index (χ2v) is 5.38. The predicted molar refractivity (Wildman–Crippen MR) is 73.4 cm³/mol. The van der Waals surface area contributed by atoms with Gasteiger partial charge in [0.05, 0.1) is 14.5 Å². The van der Waals surface area contributed by atoms with Crippen LogP contribution in [-0.4, -0.2) is 0 Å². The SMILES string of the molecule is FC(F)(F)c1ccc(Oc2ccccc2Br)c(Br)c1. The van der Waals surface area contributed by atoms with Crippen LogP contribution in [0.5, 0.6) is 11.5 Å². The van der Waals surface area contributed by atoms with Gasteiger partial charge in [-0.3, -0.25) is 0 Å². The van der Waals surface area contributed by atoms with E-state index < -0.39 is 11.7 Å². The molecule has 0 atom stereocenters. The van der Waals surface area contributed by atoms with Crippen LogP contribution in [0.1, 0.15) is 5.56 Å². The van der Waals surface area contributed by atoms with Gasteiger partial charge in [-0.15, -0.1) is 0 Å². The van der Waals surface area contributed by atoms with Crippen molar-refractivity contribution in [2.24, 2.45) is 0 Å². The number of hydrogen-bond donors (Lipinski definition) is 0. The lowest BCUT2D eigenvalue weighted by atomic mass is 10.2. The Morgan fingerprint density at radius 2 is 1.47 bits per heavy atom. The molecule has 0 aliphatic heterocycles. The molecule has 100 valence electrons. The first-order valence-electron chi connectivity index (χ1n) is 5.17. The van der Waals surface area contributed by atoms with Crippen molar-refractivity contribution in [1.29, 1.82) is 0 Å². The number of hydrogen-bond acceptors (Lipinski definition) is 1. The second-order valence-electron chi connectivity index (χ2n) is 3.68. The Morgan fingerprint density at radius 1 is 0.842 bits per heavy atom. The third kappa shape index (κ3) is 3.51. The normalized spacial score (nSPS) is 11.4. The molecular formula is C13H7Br2F3O. The van der Waals surface area contributed by atoms with Gasteiger partial charge in [0.1, 0.15) is 11.5 Å². The third-order valence-electron chi connectivity index (χ3n) is 2.32. The molecule has 0 amide bonds. The van der Waals surface area contributed by atoms with Gasteiger partial charge in [-0.1, -0.05) is 12.1 Å². The third-order valence-corrected chi connectivity index (χ3v) is 3.59. The highest BCUT2D eigenvalue weighted by Crippen LogP contribution is 2.37. The van der Waals surface area contributed by atoms with E-state index in [1.165, 1.54) is 6.07 Å². The molecule has 0 bridgehead atoms. The maximum Gasteiger partial charge on any atom is 0.416 e. The van der Waals surface area contributed by atoms with Crippen LogP contribution in [0.3, 0.4) is 0 Å². The van der Waals surface area contributed by atoms with Crippen LogP contribution in [-0.2, 0) is 6.18 Å². The molecule has 0 fully saturated rings. The van der Waals surface area contributed by atoms with Gasteiger partial charge in [-0.2, -0.15) is 13.2 Å². The van der Waals surface area contributed by atoms with E-state index in [0.717, 1.165) is 16.6 Å². The quantitative estimate of drug-likeness (QED) is 0.603. The summed E-state index contributed by atoms with van der Waals surface area (Å²) in [7, 11) is 0. The zero-order valence-electron chi connectivity index (χ0n) is 9.34. The zero-order valence-corrected chi connectivity index (χ0v) is 12.5. The Morgan fingerprint density at radius 3 is 2.05 bits per heavy atom. The monoisotopic (exact) mass is 394 g/mol. The van der Waals surface area contributed by atoms with Crippen LogP contribution in [0, 0.1) is 0 Å². The van der Waals surface area contributed by atoms with E-state index in [1.807, 2.05) is 6.07 Å². The van der Waals surface area contributed by atoms with Crippen molar-refractivity contribution in [2.45, 2.75) is 6.18 Å². The molecule has 2 aromatic carbocycles. The minimum atomic E-state index is -4.37. The van der Waals surface area contributed by atoms with E-state index in [9.17, 15) is 13.2 Å². The number of alkyl halides is 3. The predicted octanol–water partition coefficient (Wildman–Crippen LogP) is 6.02. The number of ether oxygens (including phenoxy) is 1. The summed E-state index contributed by atoms with van der Waals surface area (Å²) in [5.74, 6) is 0.850. The molecule has 0 saturated carbocycles. The average molecular weight is 396 g/mol. The number of benzene rings is 2. The van der Waals surface area contributed by atoms with Crippen molar-refractivity contribution in [1.82, 2.24) is 0 Å². The summed E-state index contributed by atoms with van der Waals surface area (Å²) in [6, 6.07) is 10.4. The van der Waals surface area contributed by atoms with Gasteiger partial charge < -0.3 is 4.74 Å². The van der Waals surface area contributed by atoms with Crippen LogP contribution in [0.15, 0.2) is 51.4 Å². The van der Waals surface area contributed by atoms with Crippen LogP contribution in [0.25, 0.3) is 0 Å². The second kappa shape index (κ2) is 5.54. The smallest absolute Gasteiger partial charge is 0.416 e. The van der Waals surface area contributed by atoms with Crippen molar-refractivity contribution in [2.75, 3.05) is 0 Å². The molecule has 0 spiro atoms. The molecule has 0 radical (unpaired) electrons. The number of para-hydroxylation sites is 1. The highest BCUT2D eigenvalue weighted by molar-refractivity contribution is 9.11. The summed E-state index contributed by atoms with van der Waals surface area (Å²) in [5.41, 5.74) is -0.723. The Balaban J connectivity index is 2.30. The minimum Gasteiger partial charge on any atom is -0.455 e. The van der Waals surface area contributed by atoms with Crippen LogP contribution >= 0.6 is 31.9 Å². The molecule has 6 heteroatoms. The molecule has 0 N–H and O–H groups in total. The first-order chi connectivity index (χ1) is 8.88. The molecule has 0 heterocycles. The van der Waals surface area contributed by atoms with Gasteiger partial charge in [0, 0.05) is 0 Å². The maximum atomic E-state index is 12.5. The van der Waals surface area contributed by atoms with E-state index in [4.69, 9.17) is 4.74 Å². The Labute approximate surface area is 124 Å². The summed E-state index contributed by atoms with van der Waals surface area (Å²) in [4.78, 5) is 0. The van der Waals surface area contributed by atoms with Crippen molar-refractivity contribution in [3.63, 3.8) is 0 Å². The lowest BCUT2D eigenvalue weighted by Gasteiger charge is -2.12. The highest BCUT2D eigenvalue weighted by atomic mass is 79.9. The van der Waals surface area contributed by atoms with Gasteiger partial charge in [-0.25, -0.2) is 0 Å². The van der Waals surface area contributed by atoms with Crippen molar-refractivity contribution in [3.05, 3.63) is 57.0 Å². The summed E-state index contributed by atoms with van der Waals surface area (Å²) in [6.07, 6.45) is -4.37. The fraction of sp³-hybridized carbons (Fsp3) is 0.0769. The molecule has 0 aromatic heterocycles. The summed E-state index contributed by atoms with van der Waals surface area (Å²) >= 11 is 6.39. The van der Waals surface area contributed by atoms with Crippen LogP contribution in [0.4, 0.5) is 13.2 Å². The van der Waals surface area contributed by atoms with Crippen LogP contribution < -0.4 is 4.74 Å². The van der Waals surface area contributed by atoms with Gasteiger partial charge >= 0.3 is 6.18 Å². The molecule has 19 heavy (non-hydrogen) atoms. The Hall–Kier alpha value is -1.01. The zero-order chi connectivity index (χ0) is 14.0. The topological polar surface area (TPSA) is 9.23 Å². The first kappa shape index (κ1) is 14.4. The minimum absolute atomic E-state index is 0.248. The molecule has 1 nitrogen and oxygen atoms in total. The van der Waals surface area contributed by atoms with Gasteiger partial charge in [-0.05, 0) is 62.2 Å². The molecule has 0 saturated heterocycles. The lowest BCUT2D eigenvalue weighted by Crippen LogP contribution is -2.04. The van der Waals surface area contributed by atoms with E-state index in [0.29, 0.717) is 11.5 Å². The van der Waals surface area contributed by atoms with Gasteiger partial charge in [0.15, 0.2) is 0 Å². The van der Waals surface area contributed by atoms with E-state index in [2.05, 4.69) is 31.9 Å². The highest BCUT2D eigenvalue weighted by Gasteiger charge is 2.31. The molecule has 0 unspecified atom stereocenters. The van der Waals surface area contributed by atoms with Crippen molar-refractivity contribution in [3.8, 4) is 11.5 Å². The van der Waals surface area contributed by atoms with Crippen molar-refractivity contribution >= 4 is 31.9 Å². The maximum absolute atomic E-state index is 12.5. The van der Waals surface area contributed by atoms with Crippen LogP contribution in [0.2, 0.25) is 0 Å². The number of halogens is 5. The van der Waals surface area contributed by atoms with E-state index >= 15 is 0 Å². The Kier molecular flexibility index (Phi) is 4.20. The fourth-order valence-electron chi connectivity index (χ4n) is 1.41. The molecule has 0 aliphatic rings. The first-order valence-corrected chi connectivity index (χ1v) is 6.75. The lowest BCUT2D eigenvalue weighted by molar-refractivity contribution is -0.137. The summed E-state index contributed by atoms with van der Waals surface area (Å²) in [6.45, 7) is 0. The Bertz CT molecular complexity index is 597. The molecular weight excluding hydrogens is 389 g/mol. The molecule has 0 aliphatic carbocycles. The largest absolute Gasteiger partial charge is 0.455 e. The molecule has 2 rings (SSSR count). The van der Waals surface area contributed by atoms with Crippen molar-refractivity contribution < 1.29 is 17.9 Å². The molecule has 2 aromatic rings. The fourth-order valence-corrected chi connectivity index (χ4v) is 2.23. The average Bonchev–Trinajstić information content (AvgIpc) is 2.33. The van der Waals surface area contributed by atoms with Gasteiger partial charge in [0.2, 0.25) is 0 Å². The summed E-state index contributed by atoms with van der Waals surface area (Å²) < 4.78 is 44.1.